The van der Waals surface area contributed by atoms with Gasteiger partial charge < -0.3 is 35.3 Å². The fraction of sp³-hybridized carbons (Fsp3) is 0.487. The van der Waals surface area contributed by atoms with E-state index in [-0.39, 0.29) is 23.4 Å². The topological polar surface area (TPSA) is 138 Å². The Morgan fingerprint density at radius 3 is 2.50 bits per heavy atom. The van der Waals surface area contributed by atoms with Gasteiger partial charge >= 0.3 is 6.09 Å². The number of aromatic nitrogens is 1. The number of pyridine rings is 1. The zero-order valence-electron chi connectivity index (χ0n) is 28.6. The molecule has 7 rings (SSSR count). The summed E-state index contributed by atoms with van der Waals surface area (Å²) in [5.41, 5.74) is 1.68. The van der Waals surface area contributed by atoms with Crippen molar-refractivity contribution in [3.8, 4) is 11.5 Å². The van der Waals surface area contributed by atoms with Gasteiger partial charge in [0.05, 0.1) is 30.3 Å². The van der Waals surface area contributed by atoms with Crippen LogP contribution in [0.2, 0.25) is 0 Å². The first-order valence-corrected chi connectivity index (χ1v) is 19.0. The number of piperidine rings is 3. The van der Waals surface area contributed by atoms with Crippen LogP contribution in [0, 0.1) is 5.92 Å². The number of carboxylic acid groups (broad SMARTS) is 1. The molecule has 5 heterocycles. The van der Waals surface area contributed by atoms with Crippen molar-refractivity contribution in [1.29, 1.82) is 0 Å². The molecule has 50 heavy (non-hydrogen) atoms. The van der Waals surface area contributed by atoms with Crippen LogP contribution in [-0.4, -0.2) is 81.6 Å². The number of aromatic hydroxyl groups is 1. The number of nitrogens with one attached hydrogen (secondary N) is 2. The van der Waals surface area contributed by atoms with Gasteiger partial charge in [0.25, 0.3) is 0 Å². The van der Waals surface area contributed by atoms with Crippen LogP contribution in [-0.2, 0) is 0 Å². The molecule has 3 fully saturated rings. The first-order chi connectivity index (χ1) is 24.4. The molecule has 10 nitrogen and oxygen atoms in total. The summed E-state index contributed by atoms with van der Waals surface area (Å²) in [5.74, 6) is 1.18. The smallest absolute Gasteiger partial charge is 0.408 e. The summed E-state index contributed by atoms with van der Waals surface area (Å²) in [7, 11) is 0. The Kier molecular flexibility index (Phi) is 12.5. The Labute approximate surface area is 297 Å². The summed E-state index contributed by atoms with van der Waals surface area (Å²) in [5, 5.41) is 37.3. The second-order valence-electron chi connectivity index (χ2n) is 13.7. The van der Waals surface area contributed by atoms with E-state index in [1.54, 1.807) is 28.4 Å². The highest BCUT2D eigenvalue weighted by atomic mass is 32.1. The molecule has 4 aromatic rings. The number of hydrogen-bond donors (Lipinski definition) is 5. The van der Waals surface area contributed by atoms with E-state index < -0.39 is 12.2 Å². The van der Waals surface area contributed by atoms with Crippen LogP contribution >= 0.6 is 11.3 Å². The Balaban J connectivity index is 0.889. The molecule has 1 amide bonds. The van der Waals surface area contributed by atoms with Crippen LogP contribution in [0.3, 0.4) is 0 Å². The van der Waals surface area contributed by atoms with Gasteiger partial charge in [-0.2, -0.15) is 0 Å². The number of unbranched alkanes of at least 4 members (excludes halogenated alkanes) is 6. The number of benzene rings is 2. The average Bonchev–Trinajstić information content (AvgIpc) is 3.66. The third kappa shape index (κ3) is 8.87. The Hall–Kier alpha value is -3.90. The van der Waals surface area contributed by atoms with Crippen molar-refractivity contribution in [1.82, 2.24) is 20.1 Å². The lowest BCUT2D eigenvalue weighted by molar-refractivity contribution is -0.000335. The van der Waals surface area contributed by atoms with Gasteiger partial charge in [0, 0.05) is 29.4 Å². The Bertz CT molecular complexity index is 1740. The highest BCUT2D eigenvalue weighted by Crippen LogP contribution is 2.40. The van der Waals surface area contributed by atoms with Crippen molar-refractivity contribution >= 4 is 28.3 Å². The summed E-state index contributed by atoms with van der Waals surface area (Å²) in [6, 6.07) is 17.9. The molecule has 3 aliphatic rings. The van der Waals surface area contributed by atoms with Crippen LogP contribution in [0.5, 0.6) is 11.5 Å². The van der Waals surface area contributed by atoms with E-state index in [4.69, 9.17) is 4.74 Å². The molecular formula is C39H50N4O6S. The lowest BCUT2D eigenvalue weighted by atomic mass is 9.82. The van der Waals surface area contributed by atoms with Gasteiger partial charge in [0.15, 0.2) is 0 Å². The SMILES string of the molecule is O=C(O)N(C1CN2CCC1CC2)[C@H](c1cccc(OCCCCCCCCCNC[C@H](O)c2ccc(O)c3[nH]c(=O)ccc23)c1)c1cccs1. The third-order valence-corrected chi connectivity index (χ3v) is 11.3. The number of aliphatic hydroxyl groups is 1. The Morgan fingerprint density at radius 2 is 1.78 bits per heavy atom. The highest BCUT2D eigenvalue weighted by molar-refractivity contribution is 7.10. The van der Waals surface area contributed by atoms with Crippen molar-refractivity contribution in [2.75, 3.05) is 39.3 Å². The van der Waals surface area contributed by atoms with Gasteiger partial charge in [-0.15, -0.1) is 11.3 Å². The monoisotopic (exact) mass is 702 g/mol. The van der Waals surface area contributed by atoms with Crippen LogP contribution in [0.4, 0.5) is 4.79 Å². The van der Waals surface area contributed by atoms with Gasteiger partial charge in [-0.25, -0.2) is 4.79 Å². The van der Waals surface area contributed by atoms with Crippen molar-refractivity contribution in [2.24, 2.45) is 5.92 Å². The fourth-order valence-corrected chi connectivity index (χ4v) is 8.55. The minimum Gasteiger partial charge on any atom is -0.506 e. The zero-order chi connectivity index (χ0) is 34.9. The summed E-state index contributed by atoms with van der Waals surface area (Å²) in [6.45, 7) is 4.79. The minimum atomic E-state index is -0.858. The lowest BCUT2D eigenvalue weighted by Crippen LogP contribution is -2.59. The van der Waals surface area contributed by atoms with Gasteiger partial charge in [-0.3, -0.25) is 9.69 Å². The van der Waals surface area contributed by atoms with Crippen molar-refractivity contribution in [3.05, 3.63) is 92.4 Å². The second kappa shape index (κ2) is 17.4. The van der Waals surface area contributed by atoms with Crippen molar-refractivity contribution in [3.63, 3.8) is 0 Å². The first-order valence-electron chi connectivity index (χ1n) is 18.1. The number of phenols is 1. The average molecular weight is 703 g/mol. The molecule has 2 bridgehead atoms. The number of carbonyl (C=O) groups is 1. The molecule has 5 N–H and O–H groups in total. The first kappa shape index (κ1) is 35.9. The van der Waals surface area contributed by atoms with E-state index in [2.05, 4.69) is 15.2 Å². The number of nitrogens with zero attached hydrogens (tertiary/aromatic N) is 2. The molecule has 1 unspecified atom stereocenters. The second-order valence-corrected chi connectivity index (χ2v) is 14.7. The standard InChI is InChI=1S/C39H50N4O6S/c44-33-15-13-30(31-14-16-36(46)41-37(31)33)34(45)25-40-19-6-4-2-1-3-5-7-22-49-29-11-8-10-28(24-29)38(35-12-9-23-50-35)43(39(47)48)32-26-42-20-17-27(32)18-21-42/h8-16,23-24,27,32,34,38,40,44-45H,1-7,17-22,25-26H2,(H,41,46)(H,47,48)/t32?,34-,38+/m0/s1. The maximum Gasteiger partial charge on any atom is 0.408 e. The maximum absolute atomic E-state index is 12.8. The van der Waals surface area contributed by atoms with Gasteiger partial charge in [0.1, 0.15) is 11.5 Å². The van der Waals surface area contributed by atoms with E-state index in [1.165, 1.54) is 18.6 Å². The summed E-state index contributed by atoms with van der Waals surface area (Å²) >= 11 is 1.61. The largest absolute Gasteiger partial charge is 0.506 e. The van der Waals surface area contributed by atoms with Crippen LogP contribution < -0.4 is 15.6 Å². The number of ether oxygens (including phenoxy) is 1. The summed E-state index contributed by atoms with van der Waals surface area (Å²) in [4.78, 5) is 32.3. The molecule has 0 aliphatic carbocycles. The highest BCUT2D eigenvalue weighted by Gasteiger charge is 2.43. The number of aromatic amines is 1. The number of aliphatic hydroxyl groups excluding tert-OH is 1. The number of fused-ring (bicyclic) bond motifs is 4. The van der Waals surface area contributed by atoms with Crippen molar-refractivity contribution < 1.29 is 24.9 Å². The van der Waals surface area contributed by atoms with Gasteiger partial charge in [0.2, 0.25) is 5.56 Å². The lowest BCUT2D eigenvalue weighted by Gasteiger charge is -2.50. The molecule has 3 aliphatic heterocycles. The molecule has 0 saturated carbocycles. The molecule has 3 saturated heterocycles. The number of amides is 1. The normalized spacial score (nSPS) is 19.7. The number of rotatable bonds is 18. The molecule has 0 radical (unpaired) electrons. The molecule has 11 heteroatoms. The van der Waals surface area contributed by atoms with E-state index >= 15 is 0 Å². The molecule has 2 aromatic heterocycles. The van der Waals surface area contributed by atoms with E-state index in [9.17, 15) is 24.9 Å². The third-order valence-electron chi connectivity index (χ3n) is 10.3. The minimum absolute atomic E-state index is 0.0108. The van der Waals surface area contributed by atoms with E-state index in [0.717, 1.165) is 93.7 Å². The number of hydrogen-bond acceptors (Lipinski definition) is 8. The number of thiophene rings is 1. The zero-order valence-corrected chi connectivity index (χ0v) is 29.5. The quantitative estimate of drug-likeness (QED) is 0.0707. The van der Waals surface area contributed by atoms with Crippen molar-refractivity contribution in [2.45, 2.75) is 76.0 Å². The van der Waals surface area contributed by atoms with E-state index in [0.29, 0.717) is 35.5 Å². The molecule has 3 atom stereocenters. The maximum atomic E-state index is 12.8. The molecule has 0 spiro atoms. The number of H-pyrrole nitrogens is 1. The summed E-state index contributed by atoms with van der Waals surface area (Å²) in [6.07, 6.45) is 8.21. The summed E-state index contributed by atoms with van der Waals surface area (Å²) < 4.78 is 6.18. The van der Waals surface area contributed by atoms with Gasteiger partial charge in [-0.1, -0.05) is 56.4 Å². The molecule has 2 aromatic carbocycles. The molecule has 268 valence electrons. The van der Waals surface area contributed by atoms with Crippen LogP contribution in [0.15, 0.2) is 70.8 Å². The predicted octanol–water partition coefficient (Wildman–Crippen LogP) is 6.89. The van der Waals surface area contributed by atoms with E-state index in [1.807, 2.05) is 41.8 Å². The predicted molar refractivity (Wildman–Crippen MR) is 197 cm³/mol. The molecular weight excluding hydrogens is 653 g/mol. The number of phenolic OH excluding ortho intramolecular Hbond substituents is 1. The fourth-order valence-electron chi connectivity index (χ4n) is 7.70. The van der Waals surface area contributed by atoms with Crippen LogP contribution in [0.1, 0.15) is 85.9 Å². The van der Waals surface area contributed by atoms with Gasteiger partial charge in [-0.05, 0) is 98.1 Å². The Morgan fingerprint density at radius 1 is 1.00 bits per heavy atom. The van der Waals surface area contributed by atoms with Crippen LogP contribution in [0.25, 0.3) is 10.9 Å².